The van der Waals surface area contributed by atoms with Gasteiger partial charge in [0.1, 0.15) is 5.82 Å². The normalized spacial score (nSPS) is 19.3. The molecule has 2 aromatic rings. The number of rotatable bonds is 2. The van der Waals surface area contributed by atoms with Gasteiger partial charge in [0.25, 0.3) is 0 Å². The van der Waals surface area contributed by atoms with E-state index in [1.807, 2.05) is 13.1 Å². The predicted octanol–water partition coefficient (Wildman–Crippen LogP) is 3.18. The van der Waals surface area contributed by atoms with Crippen LogP contribution in [0.4, 0.5) is 11.5 Å². The predicted molar refractivity (Wildman–Crippen MR) is 78.6 cm³/mol. The number of pyridine rings is 1. The Hall–Kier alpha value is -1.87. The van der Waals surface area contributed by atoms with Gasteiger partial charge in [-0.2, -0.15) is 0 Å². The van der Waals surface area contributed by atoms with E-state index in [4.69, 9.17) is 5.73 Å². The van der Waals surface area contributed by atoms with Gasteiger partial charge < -0.3 is 10.6 Å². The van der Waals surface area contributed by atoms with E-state index in [0.717, 1.165) is 17.8 Å². The fraction of sp³-hybridized carbons (Fsp3) is 0.312. The van der Waals surface area contributed by atoms with Crippen LogP contribution in [0.1, 0.15) is 31.0 Å². The van der Waals surface area contributed by atoms with Crippen LogP contribution >= 0.6 is 0 Å². The molecule has 0 amide bonds. The lowest BCUT2D eigenvalue weighted by Gasteiger charge is -2.24. The van der Waals surface area contributed by atoms with E-state index in [1.54, 1.807) is 0 Å². The Morgan fingerprint density at radius 3 is 2.74 bits per heavy atom. The van der Waals surface area contributed by atoms with E-state index >= 15 is 0 Å². The minimum absolute atomic E-state index is 0.0323. The molecule has 1 aliphatic heterocycles. The average molecular weight is 253 g/mol. The zero-order valence-electron chi connectivity index (χ0n) is 11.4. The van der Waals surface area contributed by atoms with E-state index < -0.39 is 0 Å². The smallest absolute Gasteiger partial charge is 0.133 e. The Kier molecular flexibility index (Phi) is 2.99. The van der Waals surface area contributed by atoms with Crippen LogP contribution in [0.5, 0.6) is 0 Å². The van der Waals surface area contributed by atoms with Gasteiger partial charge >= 0.3 is 0 Å². The lowest BCUT2D eigenvalue weighted by Crippen LogP contribution is -2.24. The molecular weight excluding hydrogens is 234 g/mol. The van der Waals surface area contributed by atoms with E-state index in [2.05, 4.69) is 53.2 Å². The highest BCUT2D eigenvalue weighted by Gasteiger charge is 2.27. The van der Waals surface area contributed by atoms with Crippen LogP contribution < -0.4 is 10.6 Å². The summed E-state index contributed by atoms with van der Waals surface area (Å²) in [7, 11) is 0. The molecular formula is C16H19N3. The van der Waals surface area contributed by atoms with Gasteiger partial charge in [-0.15, -0.1) is 0 Å². The lowest BCUT2D eigenvalue weighted by molar-refractivity contribution is 0.747. The van der Waals surface area contributed by atoms with Crippen molar-refractivity contribution in [1.29, 1.82) is 0 Å². The third-order valence-electron chi connectivity index (χ3n) is 3.75. The van der Waals surface area contributed by atoms with Crippen molar-refractivity contribution in [3.63, 3.8) is 0 Å². The number of benzene rings is 1. The van der Waals surface area contributed by atoms with Gasteiger partial charge in [-0.3, -0.25) is 0 Å². The van der Waals surface area contributed by atoms with E-state index in [9.17, 15) is 0 Å². The fourth-order valence-corrected chi connectivity index (χ4v) is 2.72. The minimum Gasteiger partial charge on any atom is -0.324 e. The standard InChI is InChI=1S/C16H19N3/c1-11-9-13-5-3-4-6-15(13)19(11)16-8-7-14(10-18-16)12(2)17/h3-8,10-12H,9,17H2,1-2H3/t11?,12-/m1/s1. The quantitative estimate of drug-likeness (QED) is 0.893. The van der Waals surface area contributed by atoms with Crippen molar-refractivity contribution >= 4 is 11.5 Å². The number of aromatic nitrogens is 1. The maximum absolute atomic E-state index is 5.87. The molecule has 1 unspecified atom stereocenters. The molecule has 2 heterocycles. The lowest BCUT2D eigenvalue weighted by atomic mass is 10.1. The third kappa shape index (κ3) is 2.10. The second-order valence-corrected chi connectivity index (χ2v) is 5.29. The minimum atomic E-state index is 0.0323. The summed E-state index contributed by atoms with van der Waals surface area (Å²) in [5.41, 5.74) is 9.61. The van der Waals surface area contributed by atoms with E-state index in [1.165, 1.54) is 11.3 Å². The van der Waals surface area contributed by atoms with E-state index in [-0.39, 0.29) is 6.04 Å². The Balaban J connectivity index is 1.98. The SMILES string of the molecule is CC1Cc2ccccc2N1c1ccc([C@@H](C)N)cn1. The number of anilines is 2. The summed E-state index contributed by atoms with van der Waals surface area (Å²) in [5, 5.41) is 0. The molecule has 3 heteroatoms. The Bertz CT molecular complexity index is 575. The molecule has 19 heavy (non-hydrogen) atoms. The zero-order chi connectivity index (χ0) is 13.4. The maximum atomic E-state index is 5.87. The second kappa shape index (κ2) is 4.67. The Labute approximate surface area is 114 Å². The van der Waals surface area contributed by atoms with Crippen molar-refractivity contribution in [1.82, 2.24) is 4.98 Å². The molecule has 0 fully saturated rings. The zero-order valence-corrected chi connectivity index (χ0v) is 11.4. The largest absolute Gasteiger partial charge is 0.324 e. The number of nitrogens with two attached hydrogens (primary N) is 1. The van der Waals surface area contributed by atoms with Gasteiger partial charge in [0.2, 0.25) is 0 Å². The number of fused-ring (bicyclic) bond motifs is 1. The van der Waals surface area contributed by atoms with Gasteiger partial charge in [-0.05, 0) is 43.5 Å². The highest BCUT2D eigenvalue weighted by Crippen LogP contribution is 2.37. The molecule has 1 aliphatic rings. The van der Waals surface area contributed by atoms with Crippen LogP contribution in [0.3, 0.4) is 0 Å². The number of para-hydroxylation sites is 1. The highest BCUT2D eigenvalue weighted by atomic mass is 15.2. The van der Waals surface area contributed by atoms with Crippen LogP contribution in [0.2, 0.25) is 0 Å². The molecule has 2 N–H and O–H groups in total. The summed E-state index contributed by atoms with van der Waals surface area (Å²) in [6.45, 7) is 4.21. The topological polar surface area (TPSA) is 42.1 Å². The number of hydrogen-bond acceptors (Lipinski definition) is 3. The van der Waals surface area contributed by atoms with Crippen molar-refractivity contribution < 1.29 is 0 Å². The molecule has 0 saturated heterocycles. The van der Waals surface area contributed by atoms with Crippen LogP contribution in [0.15, 0.2) is 42.6 Å². The first-order valence-corrected chi connectivity index (χ1v) is 6.75. The summed E-state index contributed by atoms with van der Waals surface area (Å²) in [6, 6.07) is 13.2. The summed E-state index contributed by atoms with van der Waals surface area (Å²) >= 11 is 0. The van der Waals surface area contributed by atoms with Gasteiger partial charge in [-0.25, -0.2) is 4.98 Å². The molecule has 0 saturated carbocycles. The van der Waals surface area contributed by atoms with Crippen molar-refractivity contribution in [2.24, 2.45) is 5.73 Å². The molecule has 1 aromatic carbocycles. The van der Waals surface area contributed by atoms with Crippen molar-refractivity contribution in [3.05, 3.63) is 53.7 Å². The van der Waals surface area contributed by atoms with Crippen LogP contribution in [-0.2, 0) is 6.42 Å². The van der Waals surface area contributed by atoms with Gasteiger partial charge in [0, 0.05) is 24.0 Å². The van der Waals surface area contributed by atoms with Gasteiger partial charge in [0.15, 0.2) is 0 Å². The monoisotopic (exact) mass is 253 g/mol. The molecule has 3 rings (SSSR count). The Morgan fingerprint density at radius 1 is 1.26 bits per heavy atom. The first-order chi connectivity index (χ1) is 9.16. The number of hydrogen-bond donors (Lipinski definition) is 1. The number of nitrogens with zero attached hydrogens (tertiary/aromatic N) is 2. The average Bonchev–Trinajstić information content (AvgIpc) is 2.74. The fourth-order valence-electron chi connectivity index (χ4n) is 2.72. The van der Waals surface area contributed by atoms with Crippen LogP contribution in [-0.4, -0.2) is 11.0 Å². The van der Waals surface area contributed by atoms with Crippen LogP contribution in [0, 0.1) is 0 Å². The second-order valence-electron chi connectivity index (χ2n) is 5.29. The molecule has 0 aliphatic carbocycles. The molecule has 0 radical (unpaired) electrons. The summed E-state index contributed by atoms with van der Waals surface area (Å²) < 4.78 is 0. The van der Waals surface area contributed by atoms with Crippen molar-refractivity contribution in [3.8, 4) is 0 Å². The highest BCUT2D eigenvalue weighted by molar-refractivity contribution is 5.68. The first-order valence-electron chi connectivity index (χ1n) is 6.75. The van der Waals surface area contributed by atoms with Gasteiger partial charge in [0.05, 0.1) is 0 Å². The molecule has 0 spiro atoms. The van der Waals surface area contributed by atoms with Crippen molar-refractivity contribution in [2.75, 3.05) is 4.90 Å². The van der Waals surface area contributed by atoms with E-state index in [0.29, 0.717) is 6.04 Å². The summed E-state index contributed by atoms with van der Waals surface area (Å²) in [6.07, 6.45) is 2.96. The molecule has 1 aromatic heterocycles. The third-order valence-corrected chi connectivity index (χ3v) is 3.75. The maximum Gasteiger partial charge on any atom is 0.133 e. The van der Waals surface area contributed by atoms with Gasteiger partial charge in [-0.1, -0.05) is 24.3 Å². The summed E-state index contributed by atoms with van der Waals surface area (Å²) in [4.78, 5) is 6.88. The molecule has 0 bridgehead atoms. The molecule has 2 atom stereocenters. The van der Waals surface area contributed by atoms with Crippen LogP contribution in [0.25, 0.3) is 0 Å². The summed E-state index contributed by atoms with van der Waals surface area (Å²) in [5.74, 6) is 1.00. The van der Waals surface area contributed by atoms with Crippen molar-refractivity contribution in [2.45, 2.75) is 32.4 Å². The Morgan fingerprint density at radius 2 is 2.05 bits per heavy atom. The first kappa shape index (κ1) is 12.2. The molecule has 98 valence electrons. The molecule has 3 nitrogen and oxygen atoms in total.